The van der Waals surface area contributed by atoms with Crippen LogP contribution in [0.25, 0.3) is 0 Å². The minimum absolute atomic E-state index is 0.363. The molecule has 0 N–H and O–H groups in total. The van der Waals surface area contributed by atoms with Crippen molar-refractivity contribution in [2.45, 2.75) is 54.6 Å². The number of likely N-dealkylation sites (N-methyl/N-ethyl adjacent to an activating group) is 2. The van der Waals surface area contributed by atoms with Gasteiger partial charge in [-0.05, 0) is 48.5 Å². The third kappa shape index (κ3) is 5.71. The first-order chi connectivity index (χ1) is 9.46. The van der Waals surface area contributed by atoms with Crippen molar-refractivity contribution in [3.05, 3.63) is 0 Å². The summed E-state index contributed by atoms with van der Waals surface area (Å²) in [6.45, 7) is 26.5. The fourth-order valence-electron chi connectivity index (χ4n) is 3.25. The summed E-state index contributed by atoms with van der Waals surface area (Å²) in [5.41, 5.74) is 0. The Hall–Kier alpha value is -0.120. The van der Waals surface area contributed by atoms with Crippen LogP contribution in [-0.2, 0) is 4.74 Å². The van der Waals surface area contributed by atoms with Crippen LogP contribution in [-0.4, -0.2) is 74.0 Å². The molecule has 3 nitrogen and oxygen atoms in total. The third-order valence-electron chi connectivity index (χ3n) is 5.64. The maximum Gasteiger partial charge on any atom is 0.105 e. The van der Waals surface area contributed by atoms with Crippen LogP contribution in [0.3, 0.4) is 0 Å². The summed E-state index contributed by atoms with van der Waals surface area (Å²) in [4.78, 5) is 0. The monoisotopic (exact) mass is 288 g/mol. The van der Waals surface area contributed by atoms with Gasteiger partial charge in [0.05, 0.1) is 45.9 Å². The van der Waals surface area contributed by atoms with Gasteiger partial charge in [-0.2, -0.15) is 0 Å². The highest BCUT2D eigenvalue weighted by Gasteiger charge is 2.25. The molecule has 0 aliphatic carbocycles. The fourth-order valence-corrected chi connectivity index (χ4v) is 3.25. The Morgan fingerprint density at radius 3 is 1.45 bits per heavy atom. The second kappa shape index (κ2) is 9.75. The van der Waals surface area contributed by atoms with Gasteiger partial charge in [0.25, 0.3) is 0 Å². The van der Waals surface area contributed by atoms with E-state index in [9.17, 15) is 0 Å². The Morgan fingerprint density at radius 2 is 1.10 bits per heavy atom. The van der Waals surface area contributed by atoms with Crippen molar-refractivity contribution in [1.29, 1.82) is 0 Å². The minimum atomic E-state index is 0.363. The lowest BCUT2D eigenvalue weighted by molar-refractivity contribution is -0.928. The number of hydrogen-bond donors (Lipinski definition) is 0. The molecule has 20 heavy (non-hydrogen) atoms. The lowest BCUT2D eigenvalue weighted by Gasteiger charge is -2.38. The van der Waals surface area contributed by atoms with Crippen LogP contribution < -0.4 is 0 Å². The fraction of sp³-hybridized carbons (Fsp3) is 1.00. The van der Waals surface area contributed by atoms with Crippen molar-refractivity contribution in [2.24, 2.45) is 0 Å². The Labute approximate surface area is 128 Å². The van der Waals surface area contributed by atoms with Crippen molar-refractivity contribution in [3.8, 4) is 0 Å². The highest BCUT2D eigenvalue weighted by molar-refractivity contribution is 4.51. The number of rotatable bonds is 12. The molecule has 1 unspecified atom stereocenters. The van der Waals surface area contributed by atoms with Gasteiger partial charge in [0.15, 0.2) is 0 Å². The van der Waals surface area contributed by atoms with E-state index in [1.54, 1.807) is 0 Å². The molecule has 0 saturated carbocycles. The van der Waals surface area contributed by atoms with Crippen molar-refractivity contribution in [1.82, 2.24) is 0 Å². The highest BCUT2D eigenvalue weighted by Crippen LogP contribution is 2.10. The molecule has 3 heteroatoms. The van der Waals surface area contributed by atoms with Crippen LogP contribution >= 0.6 is 0 Å². The van der Waals surface area contributed by atoms with Crippen molar-refractivity contribution in [2.75, 3.05) is 59.0 Å². The van der Waals surface area contributed by atoms with Gasteiger partial charge in [0, 0.05) is 0 Å². The molecule has 0 rings (SSSR count). The zero-order valence-electron chi connectivity index (χ0n) is 15.2. The first kappa shape index (κ1) is 19.9. The van der Waals surface area contributed by atoms with Crippen molar-refractivity contribution < 1.29 is 13.7 Å². The second-order valence-electron chi connectivity index (χ2n) is 6.17. The SMILES string of the molecule is CC[N+](CC)(CC)CCOC(C)C[N+](CC)(CC)CC. The molecule has 0 fully saturated rings. The van der Waals surface area contributed by atoms with Crippen molar-refractivity contribution in [3.63, 3.8) is 0 Å². The van der Waals surface area contributed by atoms with E-state index in [-0.39, 0.29) is 0 Å². The second-order valence-corrected chi connectivity index (χ2v) is 6.17. The molecule has 0 saturated heterocycles. The Balaban J connectivity index is 4.26. The summed E-state index contributed by atoms with van der Waals surface area (Å²) in [6.07, 6.45) is 0.363. The van der Waals surface area contributed by atoms with Crippen LogP contribution in [0.15, 0.2) is 0 Å². The summed E-state index contributed by atoms with van der Waals surface area (Å²) in [5.74, 6) is 0. The molecule has 1 atom stereocenters. The lowest BCUT2D eigenvalue weighted by atomic mass is 10.2. The molecular formula is C17H40N2O+2. The normalized spacial score (nSPS) is 14.6. The van der Waals surface area contributed by atoms with Gasteiger partial charge in [-0.25, -0.2) is 0 Å². The predicted octanol–water partition coefficient (Wildman–Crippen LogP) is 3.14. The van der Waals surface area contributed by atoms with Crippen LogP contribution in [0.4, 0.5) is 0 Å². The largest absolute Gasteiger partial charge is 0.367 e. The Bertz CT molecular complexity index is 219. The molecular weight excluding hydrogens is 248 g/mol. The van der Waals surface area contributed by atoms with Gasteiger partial charge in [0.2, 0.25) is 0 Å². The van der Waals surface area contributed by atoms with Crippen LogP contribution in [0.2, 0.25) is 0 Å². The average molecular weight is 289 g/mol. The van der Waals surface area contributed by atoms with Gasteiger partial charge < -0.3 is 13.7 Å². The van der Waals surface area contributed by atoms with Gasteiger partial charge in [0.1, 0.15) is 19.2 Å². The molecule has 0 radical (unpaired) electrons. The van der Waals surface area contributed by atoms with Crippen LogP contribution in [0.1, 0.15) is 48.5 Å². The van der Waals surface area contributed by atoms with E-state index in [2.05, 4.69) is 48.5 Å². The summed E-state index contributed by atoms with van der Waals surface area (Å²) >= 11 is 0. The van der Waals surface area contributed by atoms with E-state index in [0.717, 1.165) is 19.7 Å². The van der Waals surface area contributed by atoms with E-state index in [0.29, 0.717) is 6.10 Å². The highest BCUT2D eigenvalue weighted by atomic mass is 16.5. The van der Waals surface area contributed by atoms with Gasteiger partial charge in [-0.15, -0.1) is 0 Å². The lowest BCUT2D eigenvalue weighted by Crippen LogP contribution is -2.53. The van der Waals surface area contributed by atoms with E-state index in [1.807, 2.05) is 0 Å². The molecule has 0 aliphatic heterocycles. The maximum atomic E-state index is 6.13. The molecule has 0 spiro atoms. The molecule has 122 valence electrons. The molecule has 0 aromatic rings. The first-order valence-corrected chi connectivity index (χ1v) is 8.78. The zero-order valence-corrected chi connectivity index (χ0v) is 15.2. The summed E-state index contributed by atoms with van der Waals surface area (Å²) in [6, 6.07) is 0. The van der Waals surface area contributed by atoms with Gasteiger partial charge in [-0.3, -0.25) is 0 Å². The standard InChI is InChI=1S/C17H40N2O/c1-8-18(9-2,10-3)14-15-20-17(7)16-19(11-4,12-5)13-6/h17H,8-16H2,1-7H3/q+2. The topological polar surface area (TPSA) is 9.23 Å². The summed E-state index contributed by atoms with van der Waals surface area (Å²) in [5, 5.41) is 0. The Morgan fingerprint density at radius 1 is 0.700 bits per heavy atom. The number of ether oxygens (including phenoxy) is 1. The number of hydrogen-bond acceptors (Lipinski definition) is 1. The predicted molar refractivity (Wildman–Crippen MR) is 88.9 cm³/mol. The number of quaternary nitrogens is 2. The minimum Gasteiger partial charge on any atom is -0.367 e. The van der Waals surface area contributed by atoms with Crippen LogP contribution in [0, 0.1) is 0 Å². The first-order valence-electron chi connectivity index (χ1n) is 8.78. The van der Waals surface area contributed by atoms with E-state index in [1.165, 1.54) is 48.2 Å². The zero-order chi connectivity index (χ0) is 15.6. The third-order valence-corrected chi connectivity index (χ3v) is 5.64. The molecule has 0 aliphatic rings. The van der Waals surface area contributed by atoms with Gasteiger partial charge >= 0.3 is 0 Å². The quantitative estimate of drug-likeness (QED) is 0.501. The maximum absolute atomic E-state index is 6.13. The molecule has 0 amide bonds. The molecule has 0 heterocycles. The summed E-state index contributed by atoms with van der Waals surface area (Å²) < 4.78 is 8.49. The molecule has 0 aromatic carbocycles. The molecule has 0 aromatic heterocycles. The van der Waals surface area contributed by atoms with E-state index < -0.39 is 0 Å². The van der Waals surface area contributed by atoms with Gasteiger partial charge in [-0.1, -0.05) is 0 Å². The smallest absolute Gasteiger partial charge is 0.105 e. The summed E-state index contributed by atoms with van der Waals surface area (Å²) in [7, 11) is 0. The average Bonchev–Trinajstić information content (AvgIpc) is 2.50. The Kier molecular flexibility index (Phi) is 9.69. The molecule has 0 bridgehead atoms. The number of nitrogens with zero attached hydrogens (tertiary/aromatic N) is 2. The van der Waals surface area contributed by atoms with E-state index >= 15 is 0 Å². The van der Waals surface area contributed by atoms with E-state index in [4.69, 9.17) is 4.74 Å². The van der Waals surface area contributed by atoms with Crippen molar-refractivity contribution >= 4 is 0 Å². The van der Waals surface area contributed by atoms with Crippen LogP contribution in [0.5, 0.6) is 0 Å².